The summed E-state index contributed by atoms with van der Waals surface area (Å²) in [5.41, 5.74) is 1.92. The maximum Gasteiger partial charge on any atom is 0.241 e. The zero-order chi connectivity index (χ0) is 19.6. The summed E-state index contributed by atoms with van der Waals surface area (Å²) in [6.07, 6.45) is 0. The lowest BCUT2D eigenvalue weighted by Gasteiger charge is -2.27. The second-order valence-corrected chi connectivity index (χ2v) is 6.54. The summed E-state index contributed by atoms with van der Waals surface area (Å²) in [5.74, 6) is 0.0181. The molecular formula is C22H29N3O2. The van der Waals surface area contributed by atoms with Crippen molar-refractivity contribution in [3.05, 3.63) is 66.2 Å². The van der Waals surface area contributed by atoms with Crippen molar-refractivity contribution < 1.29 is 9.59 Å². The lowest BCUT2D eigenvalue weighted by atomic mass is 10.2. The molecule has 0 spiro atoms. The molecule has 0 atom stereocenters. The van der Waals surface area contributed by atoms with Crippen LogP contribution in [0, 0.1) is 0 Å². The van der Waals surface area contributed by atoms with E-state index in [1.807, 2.05) is 81.6 Å². The van der Waals surface area contributed by atoms with Gasteiger partial charge in [0.1, 0.15) is 0 Å². The Morgan fingerprint density at radius 1 is 0.778 bits per heavy atom. The van der Waals surface area contributed by atoms with Gasteiger partial charge < -0.3 is 9.80 Å². The normalized spacial score (nSPS) is 10.7. The van der Waals surface area contributed by atoms with Crippen LogP contribution in [-0.4, -0.2) is 54.8 Å². The Kier molecular flexibility index (Phi) is 8.01. The number of amides is 2. The summed E-state index contributed by atoms with van der Waals surface area (Å²) < 4.78 is 0. The molecule has 0 saturated heterocycles. The number of anilines is 1. The van der Waals surface area contributed by atoms with Gasteiger partial charge in [-0.3, -0.25) is 14.5 Å². The predicted octanol–water partition coefficient (Wildman–Crippen LogP) is 3.02. The lowest BCUT2D eigenvalue weighted by Crippen LogP contribution is -2.43. The molecule has 5 nitrogen and oxygen atoms in total. The highest BCUT2D eigenvalue weighted by atomic mass is 16.2. The summed E-state index contributed by atoms with van der Waals surface area (Å²) in [5, 5.41) is 0. The molecule has 27 heavy (non-hydrogen) atoms. The van der Waals surface area contributed by atoms with E-state index < -0.39 is 0 Å². The molecule has 0 aromatic heterocycles. The Labute approximate surface area is 162 Å². The zero-order valence-electron chi connectivity index (χ0n) is 16.5. The van der Waals surface area contributed by atoms with Gasteiger partial charge in [0.2, 0.25) is 11.8 Å². The average Bonchev–Trinajstić information content (AvgIpc) is 2.68. The Hall–Kier alpha value is -2.66. The molecule has 0 saturated carbocycles. The zero-order valence-corrected chi connectivity index (χ0v) is 16.5. The van der Waals surface area contributed by atoms with E-state index in [-0.39, 0.29) is 24.9 Å². The molecule has 2 amide bonds. The molecule has 0 unspecified atom stereocenters. The van der Waals surface area contributed by atoms with Gasteiger partial charge in [0.05, 0.1) is 19.6 Å². The van der Waals surface area contributed by atoms with Crippen LogP contribution >= 0.6 is 0 Å². The number of carbonyl (C=O) groups excluding carboxylic acids is 2. The smallest absolute Gasteiger partial charge is 0.241 e. The first kappa shape index (κ1) is 20.6. The first-order valence-electron chi connectivity index (χ1n) is 9.40. The number of hydrogen-bond donors (Lipinski definition) is 0. The summed E-state index contributed by atoms with van der Waals surface area (Å²) in [7, 11) is 1.81. The number of hydrogen-bond acceptors (Lipinski definition) is 3. The van der Waals surface area contributed by atoms with E-state index >= 15 is 0 Å². The number of carbonyl (C=O) groups is 2. The molecule has 2 aromatic rings. The molecule has 0 bridgehead atoms. The third kappa shape index (κ3) is 6.22. The largest absolute Gasteiger partial charge is 0.342 e. The quantitative estimate of drug-likeness (QED) is 0.684. The van der Waals surface area contributed by atoms with Crippen LogP contribution in [0.2, 0.25) is 0 Å². The van der Waals surface area contributed by atoms with Crippen molar-refractivity contribution in [3.63, 3.8) is 0 Å². The van der Waals surface area contributed by atoms with Gasteiger partial charge in [-0.1, -0.05) is 48.5 Å². The summed E-state index contributed by atoms with van der Waals surface area (Å²) in [4.78, 5) is 30.6. The minimum absolute atomic E-state index is 0.0279. The second kappa shape index (κ2) is 10.5. The standard InChI is InChI=1S/C22H29N3O2/c1-4-24(5-2)21(26)17-23(3)18-22(27)25(20-14-10-7-11-15-20)16-19-12-8-6-9-13-19/h6-15H,4-5,16-18H2,1-3H3. The fraction of sp³-hybridized carbons (Fsp3) is 0.364. The van der Waals surface area contributed by atoms with Gasteiger partial charge in [-0.05, 0) is 38.6 Å². The van der Waals surface area contributed by atoms with Crippen LogP contribution in [-0.2, 0) is 16.1 Å². The van der Waals surface area contributed by atoms with Crippen molar-refractivity contribution in [1.82, 2.24) is 9.80 Å². The van der Waals surface area contributed by atoms with Gasteiger partial charge in [-0.2, -0.15) is 0 Å². The summed E-state index contributed by atoms with van der Waals surface area (Å²) in [6, 6.07) is 19.6. The predicted molar refractivity (Wildman–Crippen MR) is 109 cm³/mol. The van der Waals surface area contributed by atoms with Crippen LogP contribution in [0.4, 0.5) is 5.69 Å². The van der Waals surface area contributed by atoms with Crippen LogP contribution in [0.1, 0.15) is 19.4 Å². The van der Waals surface area contributed by atoms with Crippen LogP contribution in [0.25, 0.3) is 0 Å². The highest BCUT2D eigenvalue weighted by molar-refractivity contribution is 5.95. The minimum Gasteiger partial charge on any atom is -0.342 e. The number of para-hydroxylation sites is 1. The second-order valence-electron chi connectivity index (χ2n) is 6.54. The van der Waals surface area contributed by atoms with Crippen LogP contribution < -0.4 is 4.90 Å². The molecule has 0 aliphatic heterocycles. The van der Waals surface area contributed by atoms with E-state index in [0.29, 0.717) is 19.6 Å². The third-order valence-electron chi connectivity index (χ3n) is 4.48. The number of benzene rings is 2. The molecule has 2 aromatic carbocycles. The van der Waals surface area contributed by atoms with Gasteiger partial charge >= 0.3 is 0 Å². The Bertz CT molecular complexity index is 715. The molecule has 0 radical (unpaired) electrons. The first-order chi connectivity index (χ1) is 13.0. The summed E-state index contributed by atoms with van der Waals surface area (Å²) >= 11 is 0. The van der Waals surface area contributed by atoms with Crippen LogP contribution in [0.15, 0.2) is 60.7 Å². The van der Waals surface area contributed by atoms with Crippen molar-refractivity contribution in [1.29, 1.82) is 0 Å². The fourth-order valence-corrected chi connectivity index (χ4v) is 2.98. The van der Waals surface area contributed by atoms with E-state index in [9.17, 15) is 9.59 Å². The van der Waals surface area contributed by atoms with E-state index in [0.717, 1.165) is 11.3 Å². The van der Waals surface area contributed by atoms with E-state index in [4.69, 9.17) is 0 Å². The molecule has 5 heteroatoms. The molecule has 0 aliphatic carbocycles. The number of nitrogens with zero attached hydrogens (tertiary/aromatic N) is 3. The third-order valence-corrected chi connectivity index (χ3v) is 4.48. The minimum atomic E-state index is -0.0279. The monoisotopic (exact) mass is 367 g/mol. The van der Waals surface area contributed by atoms with E-state index in [1.54, 1.807) is 14.7 Å². The van der Waals surface area contributed by atoms with Crippen molar-refractivity contribution >= 4 is 17.5 Å². The van der Waals surface area contributed by atoms with E-state index in [1.165, 1.54) is 0 Å². The maximum absolute atomic E-state index is 13.0. The van der Waals surface area contributed by atoms with Gasteiger partial charge in [-0.15, -0.1) is 0 Å². The number of rotatable bonds is 9. The van der Waals surface area contributed by atoms with Crippen LogP contribution in [0.5, 0.6) is 0 Å². The molecule has 0 fully saturated rings. The Morgan fingerprint density at radius 2 is 1.30 bits per heavy atom. The molecule has 2 rings (SSSR count). The molecule has 0 heterocycles. The lowest BCUT2D eigenvalue weighted by molar-refractivity contribution is -0.132. The molecule has 0 N–H and O–H groups in total. The van der Waals surface area contributed by atoms with Gasteiger partial charge in [0.15, 0.2) is 0 Å². The van der Waals surface area contributed by atoms with Crippen molar-refractivity contribution in [2.75, 3.05) is 38.1 Å². The van der Waals surface area contributed by atoms with Crippen molar-refractivity contribution in [2.24, 2.45) is 0 Å². The molecule has 0 aliphatic rings. The van der Waals surface area contributed by atoms with Gasteiger partial charge in [0.25, 0.3) is 0 Å². The van der Waals surface area contributed by atoms with Crippen LogP contribution in [0.3, 0.4) is 0 Å². The molecular weight excluding hydrogens is 338 g/mol. The topological polar surface area (TPSA) is 43.9 Å². The fourth-order valence-electron chi connectivity index (χ4n) is 2.98. The SMILES string of the molecule is CCN(CC)C(=O)CN(C)CC(=O)N(Cc1ccccc1)c1ccccc1. The highest BCUT2D eigenvalue weighted by Crippen LogP contribution is 2.17. The van der Waals surface area contributed by atoms with Crippen molar-refractivity contribution in [2.45, 2.75) is 20.4 Å². The molecule has 144 valence electrons. The highest BCUT2D eigenvalue weighted by Gasteiger charge is 2.20. The summed E-state index contributed by atoms with van der Waals surface area (Å²) in [6.45, 7) is 6.22. The van der Waals surface area contributed by atoms with E-state index in [2.05, 4.69) is 0 Å². The van der Waals surface area contributed by atoms with Gasteiger partial charge in [0, 0.05) is 18.8 Å². The Morgan fingerprint density at radius 3 is 1.85 bits per heavy atom. The maximum atomic E-state index is 13.0. The first-order valence-corrected chi connectivity index (χ1v) is 9.40. The Balaban J connectivity index is 2.08. The number of likely N-dealkylation sites (N-methyl/N-ethyl adjacent to an activating group) is 2. The average molecular weight is 367 g/mol. The van der Waals surface area contributed by atoms with Gasteiger partial charge in [-0.25, -0.2) is 0 Å². The van der Waals surface area contributed by atoms with Crippen molar-refractivity contribution in [3.8, 4) is 0 Å².